The van der Waals surface area contributed by atoms with Crippen LogP contribution in [-0.2, 0) is 9.47 Å². The van der Waals surface area contributed by atoms with Gasteiger partial charge in [-0.3, -0.25) is 0 Å². The van der Waals surface area contributed by atoms with Crippen LogP contribution in [0.3, 0.4) is 0 Å². The lowest BCUT2D eigenvalue weighted by atomic mass is 10.1. The van der Waals surface area contributed by atoms with Gasteiger partial charge in [0.25, 0.3) is 0 Å². The molecule has 0 heterocycles. The number of benzene rings is 4. The van der Waals surface area contributed by atoms with Gasteiger partial charge in [-0.05, 0) is 73.5 Å². The molecule has 4 aromatic carbocycles. The summed E-state index contributed by atoms with van der Waals surface area (Å²) in [6.07, 6.45) is 0. The zero-order valence-corrected chi connectivity index (χ0v) is 19.5. The van der Waals surface area contributed by atoms with Crippen molar-refractivity contribution >= 4 is 23.2 Å². The molecule has 0 aliphatic carbocycles. The minimum atomic E-state index is 0.565. The molecule has 0 fully saturated rings. The average Bonchev–Trinajstić information content (AvgIpc) is 2.90. The Morgan fingerprint density at radius 3 is 1.18 bits per heavy atom. The minimum absolute atomic E-state index is 0.565. The zero-order valence-electron chi connectivity index (χ0n) is 19.5. The average molecular weight is 449 g/mol. The molecular formula is C30H28N2O2. The van der Waals surface area contributed by atoms with Crippen molar-refractivity contribution in [2.45, 2.75) is 13.8 Å². The van der Waals surface area contributed by atoms with Crippen LogP contribution >= 0.6 is 0 Å². The first kappa shape index (κ1) is 23.0. The standard InChI is InChI=1S/C30H28N2O2/c1-3-33-29(25-11-7-5-8-12-25)31-27-19-15-23(16-20-27)24-17-21-28(22-18-24)32-30(34-4-2)26-13-9-6-10-14-26/h5-22H,3-4H2,1-2H3/b31-29-,32-30-. The molecule has 0 N–H and O–H groups in total. The Morgan fingerprint density at radius 2 is 0.853 bits per heavy atom. The Kier molecular flexibility index (Phi) is 7.86. The predicted molar refractivity (Wildman–Crippen MR) is 140 cm³/mol. The van der Waals surface area contributed by atoms with Crippen molar-refractivity contribution in [1.29, 1.82) is 0 Å². The molecule has 4 aromatic rings. The number of rotatable bonds is 7. The molecule has 4 heteroatoms. The maximum absolute atomic E-state index is 5.77. The Bertz CT molecular complexity index is 1130. The maximum atomic E-state index is 5.77. The smallest absolute Gasteiger partial charge is 0.221 e. The molecule has 170 valence electrons. The van der Waals surface area contributed by atoms with Crippen LogP contribution in [0.4, 0.5) is 11.4 Å². The summed E-state index contributed by atoms with van der Waals surface area (Å²) < 4.78 is 11.5. The van der Waals surface area contributed by atoms with E-state index in [0.29, 0.717) is 25.0 Å². The van der Waals surface area contributed by atoms with Gasteiger partial charge < -0.3 is 9.47 Å². The van der Waals surface area contributed by atoms with E-state index in [1.54, 1.807) is 0 Å². The quantitative estimate of drug-likeness (QED) is 0.216. The molecular weight excluding hydrogens is 420 g/mol. The summed E-state index contributed by atoms with van der Waals surface area (Å²) in [4.78, 5) is 9.42. The molecule has 0 saturated heterocycles. The highest BCUT2D eigenvalue weighted by Gasteiger charge is 2.06. The number of hydrogen-bond donors (Lipinski definition) is 0. The van der Waals surface area contributed by atoms with E-state index in [0.717, 1.165) is 33.6 Å². The molecule has 0 aliphatic heterocycles. The van der Waals surface area contributed by atoms with E-state index >= 15 is 0 Å². The molecule has 4 rings (SSSR count). The summed E-state index contributed by atoms with van der Waals surface area (Å²) in [5, 5.41) is 0. The van der Waals surface area contributed by atoms with E-state index in [2.05, 4.69) is 24.3 Å². The normalized spacial score (nSPS) is 11.8. The lowest BCUT2D eigenvalue weighted by molar-refractivity contribution is 0.328. The van der Waals surface area contributed by atoms with Crippen LogP contribution in [0.1, 0.15) is 25.0 Å². The van der Waals surface area contributed by atoms with Gasteiger partial charge in [0.1, 0.15) is 0 Å². The molecule has 0 saturated carbocycles. The second-order valence-corrected chi connectivity index (χ2v) is 7.53. The summed E-state index contributed by atoms with van der Waals surface area (Å²) in [7, 11) is 0. The number of aliphatic imine (C=N–C) groups is 2. The Hall–Kier alpha value is -4.18. The van der Waals surface area contributed by atoms with E-state index in [4.69, 9.17) is 19.5 Å². The van der Waals surface area contributed by atoms with Crippen molar-refractivity contribution in [3.63, 3.8) is 0 Å². The van der Waals surface area contributed by atoms with Crippen molar-refractivity contribution in [1.82, 2.24) is 0 Å². The Morgan fingerprint density at radius 1 is 0.500 bits per heavy atom. The highest BCUT2D eigenvalue weighted by atomic mass is 16.5. The van der Waals surface area contributed by atoms with Crippen LogP contribution in [0.15, 0.2) is 119 Å². The second kappa shape index (κ2) is 11.6. The van der Waals surface area contributed by atoms with Crippen LogP contribution in [0, 0.1) is 0 Å². The highest BCUT2D eigenvalue weighted by molar-refractivity contribution is 5.96. The molecule has 4 nitrogen and oxygen atoms in total. The highest BCUT2D eigenvalue weighted by Crippen LogP contribution is 2.26. The first-order valence-electron chi connectivity index (χ1n) is 11.5. The van der Waals surface area contributed by atoms with Gasteiger partial charge in [0.05, 0.1) is 24.6 Å². The van der Waals surface area contributed by atoms with Crippen LogP contribution in [0.25, 0.3) is 11.1 Å². The van der Waals surface area contributed by atoms with Gasteiger partial charge in [0.15, 0.2) is 0 Å². The van der Waals surface area contributed by atoms with Gasteiger partial charge in [-0.1, -0.05) is 60.7 Å². The van der Waals surface area contributed by atoms with E-state index < -0.39 is 0 Å². The maximum Gasteiger partial charge on any atom is 0.221 e. The van der Waals surface area contributed by atoms with Gasteiger partial charge in [0, 0.05) is 11.1 Å². The topological polar surface area (TPSA) is 43.2 Å². The molecule has 0 radical (unpaired) electrons. The van der Waals surface area contributed by atoms with E-state index in [1.165, 1.54) is 0 Å². The molecule has 0 aromatic heterocycles. The summed E-state index contributed by atoms with van der Waals surface area (Å²) in [6.45, 7) is 5.06. The van der Waals surface area contributed by atoms with E-state index in [9.17, 15) is 0 Å². The third-order valence-electron chi connectivity index (χ3n) is 5.13. The summed E-state index contributed by atoms with van der Waals surface area (Å²) in [5.41, 5.74) is 5.85. The summed E-state index contributed by atoms with van der Waals surface area (Å²) in [6, 6.07) is 36.2. The molecule has 0 atom stereocenters. The first-order valence-corrected chi connectivity index (χ1v) is 11.5. The third kappa shape index (κ3) is 5.99. The van der Waals surface area contributed by atoms with Crippen LogP contribution in [0.5, 0.6) is 0 Å². The molecule has 0 aliphatic rings. The van der Waals surface area contributed by atoms with Crippen LogP contribution in [-0.4, -0.2) is 25.0 Å². The second-order valence-electron chi connectivity index (χ2n) is 7.53. The van der Waals surface area contributed by atoms with E-state index in [1.807, 2.05) is 98.8 Å². The number of ether oxygens (including phenoxy) is 2. The lowest BCUT2D eigenvalue weighted by Crippen LogP contribution is -2.05. The van der Waals surface area contributed by atoms with Crippen molar-refractivity contribution in [3.05, 3.63) is 120 Å². The number of hydrogen-bond acceptors (Lipinski definition) is 4. The van der Waals surface area contributed by atoms with Crippen molar-refractivity contribution in [2.24, 2.45) is 9.98 Å². The molecule has 0 spiro atoms. The minimum Gasteiger partial charge on any atom is -0.478 e. The summed E-state index contributed by atoms with van der Waals surface area (Å²) >= 11 is 0. The molecule has 0 unspecified atom stereocenters. The third-order valence-corrected chi connectivity index (χ3v) is 5.13. The van der Waals surface area contributed by atoms with Gasteiger partial charge in [-0.25, -0.2) is 9.98 Å². The SMILES string of the molecule is CCO/C(=N\c1ccc(-c2ccc(/N=C(\OCC)c3ccccc3)cc2)cc1)c1ccccc1. The van der Waals surface area contributed by atoms with Crippen molar-refractivity contribution < 1.29 is 9.47 Å². The molecule has 0 bridgehead atoms. The van der Waals surface area contributed by atoms with Gasteiger partial charge in [-0.2, -0.15) is 0 Å². The fourth-order valence-electron chi connectivity index (χ4n) is 3.49. The fraction of sp³-hybridized carbons (Fsp3) is 0.133. The fourth-order valence-corrected chi connectivity index (χ4v) is 3.49. The monoisotopic (exact) mass is 448 g/mol. The van der Waals surface area contributed by atoms with Crippen LogP contribution < -0.4 is 0 Å². The first-order chi connectivity index (χ1) is 16.8. The lowest BCUT2D eigenvalue weighted by Gasteiger charge is -2.09. The van der Waals surface area contributed by atoms with E-state index in [-0.39, 0.29) is 0 Å². The van der Waals surface area contributed by atoms with Crippen molar-refractivity contribution in [2.75, 3.05) is 13.2 Å². The Labute approximate surface area is 201 Å². The Balaban J connectivity index is 1.53. The number of nitrogens with zero attached hydrogens (tertiary/aromatic N) is 2. The van der Waals surface area contributed by atoms with Gasteiger partial charge in [0.2, 0.25) is 11.8 Å². The summed E-state index contributed by atoms with van der Waals surface area (Å²) in [5.74, 6) is 1.25. The largest absolute Gasteiger partial charge is 0.478 e. The molecule has 0 amide bonds. The predicted octanol–water partition coefficient (Wildman–Crippen LogP) is 7.58. The van der Waals surface area contributed by atoms with Gasteiger partial charge in [-0.15, -0.1) is 0 Å². The molecule has 34 heavy (non-hydrogen) atoms. The zero-order chi connectivity index (χ0) is 23.6. The van der Waals surface area contributed by atoms with Crippen LogP contribution in [0.2, 0.25) is 0 Å². The van der Waals surface area contributed by atoms with Gasteiger partial charge >= 0.3 is 0 Å². The van der Waals surface area contributed by atoms with Crippen molar-refractivity contribution in [3.8, 4) is 11.1 Å².